The lowest BCUT2D eigenvalue weighted by Gasteiger charge is -2.25. The number of imide groups is 1. The maximum absolute atomic E-state index is 13.2. The fourth-order valence-electron chi connectivity index (χ4n) is 3.92. The van der Waals surface area contributed by atoms with Crippen molar-refractivity contribution in [3.63, 3.8) is 0 Å². The summed E-state index contributed by atoms with van der Waals surface area (Å²) < 4.78 is 11.4. The number of carbonyl (C=O) groups is 3. The Bertz CT molecular complexity index is 1030. The average molecular weight is 422 g/mol. The molecule has 0 fully saturated rings. The van der Waals surface area contributed by atoms with Gasteiger partial charge in [-0.15, -0.1) is 0 Å². The van der Waals surface area contributed by atoms with Crippen molar-refractivity contribution < 1.29 is 23.9 Å². The van der Waals surface area contributed by atoms with Crippen molar-refractivity contribution in [1.82, 2.24) is 9.80 Å². The third-order valence-electron chi connectivity index (χ3n) is 5.63. The third kappa shape index (κ3) is 3.87. The summed E-state index contributed by atoms with van der Waals surface area (Å²) in [5.74, 6) is 0.538. The molecule has 0 atom stereocenters. The van der Waals surface area contributed by atoms with E-state index in [4.69, 9.17) is 9.47 Å². The number of para-hydroxylation sites is 1. The zero-order valence-electron chi connectivity index (χ0n) is 17.8. The van der Waals surface area contributed by atoms with E-state index in [1.807, 2.05) is 32.0 Å². The fraction of sp³-hybridized carbons (Fsp3) is 0.375. The monoisotopic (exact) mass is 422 g/mol. The standard InChI is InChI=1S/C24H26N2O5/c1-3-5-11-26-23(28)18-10-9-16(14-19(18)24(26)29)22(27)25(4-2)15-17-7-6-8-20-21(17)31-13-12-30-20/h6-10,14H,3-5,11-13,15H2,1-2H3. The van der Waals surface area contributed by atoms with Crippen LogP contribution in [0.15, 0.2) is 36.4 Å². The van der Waals surface area contributed by atoms with E-state index in [1.54, 1.807) is 23.1 Å². The molecule has 0 bridgehead atoms. The molecule has 31 heavy (non-hydrogen) atoms. The van der Waals surface area contributed by atoms with Crippen molar-refractivity contribution in [2.45, 2.75) is 33.2 Å². The van der Waals surface area contributed by atoms with Gasteiger partial charge in [-0.25, -0.2) is 0 Å². The van der Waals surface area contributed by atoms with Crippen molar-refractivity contribution in [2.24, 2.45) is 0 Å². The van der Waals surface area contributed by atoms with E-state index in [-0.39, 0.29) is 17.7 Å². The average Bonchev–Trinajstić information content (AvgIpc) is 3.04. The van der Waals surface area contributed by atoms with Gasteiger partial charge in [-0.3, -0.25) is 19.3 Å². The lowest BCUT2D eigenvalue weighted by Crippen LogP contribution is -2.31. The molecule has 2 aliphatic heterocycles. The molecule has 0 spiro atoms. The summed E-state index contributed by atoms with van der Waals surface area (Å²) in [6.07, 6.45) is 1.65. The molecule has 7 nitrogen and oxygen atoms in total. The lowest BCUT2D eigenvalue weighted by atomic mass is 10.0. The van der Waals surface area contributed by atoms with Crippen LogP contribution in [0.3, 0.4) is 0 Å². The van der Waals surface area contributed by atoms with Gasteiger partial charge in [-0.2, -0.15) is 0 Å². The minimum absolute atomic E-state index is 0.202. The summed E-state index contributed by atoms with van der Waals surface area (Å²) in [5, 5.41) is 0. The molecule has 0 N–H and O–H groups in total. The van der Waals surface area contributed by atoms with Crippen LogP contribution in [0.25, 0.3) is 0 Å². The molecule has 0 saturated heterocycles. The Morgan fingerprint density at radius 1 is 1.03 bits per heavy atom. The molecule has 2 aromatic carbocycles. The van der Waals surface area contributed by atoms with E-state index in [2.05, 4.69) is 0 Å². The number of rotatable bonds is 7. The predicted octanol–water partition coefficient (Wildman–Crippen LogP) is 3.52. The van der Waals surface area contributed by atoms with Gasteiger partial charge >= 0.3 is 0 Å². The second-order valence-electron chi connectivity index (χ2n) is 7.64. The third-order valence-corrected chi connectivity index (χ3v) is 5.63. The smallest absolute Gasteiger partial charge is 0.261 e. The zero-order valence-corrected chi connectivity index (χ0v) is 17.8. The van der Waals surface area contributed by atoms with Crippen LogP contribution in [-0.2, 0) is 6.54 Å². The first kappa shape index (κ1) is 20.9. The molecule has 7 heteroatoms. The number of benzene rings is 2. The van der Waals surface area contributed by atoms with Crippen LogP contribution < -0.4 is 9.47 Å². The second-order valence-corrected chi connectivity index (χ2v) is 7.64. The number of carbonyl (C=O) groups excluding carboxylic acids is 3. The van der Waals surface area contributed by atoms with Crippen molar-refractivity contribution in [3.8, 4) is 11.5 Å². The highest BCUT2D eigenvalue weighted by molar-refractivity contribution is 6.22. The van der Waals surface area contributed by atoms with Gasteiger partial charge in [0.15, 0.2) is 11.5 Å². The first-order valence-corrected chi connectivity index (χ1v) is 10.7. The fourth-order valence-corrected chi connectivity index (χ4v) is 3.92. The largest absolute Gasteiger partial charge is 0.486 e. The van der Waals surface area contributed by atoms with Crippen LogP contribution in [0.1, 0.15) is 63.3 Å². The highest BCUT2D eigenvalue weighted by atomic mass is 16.6. The van der Waals surface area contributed by atoms with Gasteiger partial charge in [0.1, 0.15) is 13.2 Å². The van der Waals surface area contributed by atoms with Gasteiger partial charge in [0.25, 0.3) is 17.7 Å². The summed E-state index contributed by atoms with van der Waals surface area (Å²) in [7, 11) is 0. The number of ether oxygens (including phenoxy) is 2. The van der Waals surface area contributed by atoms with Crippen LogP contribution in [0.4, 0.5) is 0 Å². The van der Waals surface area contributed by atoms with E-state index in [0.29, 0.717) is 61.0 Å². The first-order chi connectivity index (χ1) is 15.0. The summed E-state index contributed by atoms with van der Waals surface area (Å²) >= 11 is 0. The molecule has 0 saturated carbocycles. The van der Waals surface area contributed by atoms with E-state index >= 15 is 0 Å². The van der Waals surface area contributed by atoms with Crippen molar-refractivity contribution in [1.29, 1.82) is 0 Å². The minimum Gasteiger partial charge on any atom is -0.486 e. The number of hydrogen-bond acceptors (Lipinski definition) is 5. The molecule has 2 aromatic rings. The topological polar surface area (TPSA) is 76.2 Å². The summed E-state index contributed by atoms with van der Waals surface area (Å²) in [6, 6.07) is 10.4. The summed E-state index contributed by atoms with van der Waals surface area (Å²) in [4.78, 5) is 41.5. The Hall–Kier alpha value is -3.35. The normalized spacial score (nSPS) is 14.6. The van der Waals surface area contributed by atoms with Gasteiger partial charge in [0, 0.05) is 30.8 Å². The molecule has 3 amide bonds. The minimum atomic E-state index is -0.325. The van der Waals surface area contributed by atoms with Crippen LogP contribution in [0, 0.1) is 0 Å². The Kier molecular flexibility index (Phi) is 5.93. The number of fused-ring (bicyclic) bond motifs is 2. The maximum Gasteiger partial charge on any atom is 0.261 e. The van der Waals surface area contributed by atoms with Crippen molar-refractivity contribution in [3.05, 3.63) is 58.7 Å². The van der Waals surface area contributed by atoms with Crippen LogP contribution >= 0.6 is 0 Å². The first-order valence-electron chi connectivity index (χ1n) is 10.7. The number of nitrogens with zero attached hydrogens (tertiary/aromatic N) is 2. The van der Waals surface area contributed by atoms with E-state index in [1.165, 1.54) is 4.90 Å². The maximum atomic E-state index is 13.2. The highest BCUT2D eigenvalue weighted by Gasteiger charge is 2.35. The van der Waals surface area contributed by atoms with Crippen molar-refractivity contribution in [2.75, 3.05) is 26.3 Å². The molecule has 4 rings (SSSR count). The Labute approximate surface area is 181 Å². The van der Waals surface area contributed by atoms with Gasteiger partial charge in [0.2, 0.25) is 0 Å². The van der Waals surface area contributed by atoms with E-state index in [9.17, 15) is 14.4 Å². The molecule has 162 valence electrons. The van der Waals surface area contributed by atoms with E-state index < -0.39 is 0 Å². The van der Waals surface area contributed by atoms with Crippen LogP contribution in [0.2, 0.25) is 0 Å². The summed E-state index contributed by atoms with van der Waals surface area (Å²) in [6.45, 7) is 6.12. The lowest BCUT2D eigenvalue weighted by molar-refractivity contribution is 0.0651. The highest BCUT2D eigenvalue weighted by Crippen LogP contribution is 2.34. The number of amides is 3. The Morgan fingerprint density at radius 2 is 1.81 bits per heavy atom. The molecule has 0 aromatic heterocycles. The zero-order chi connectivity index (χ0) is 22.0. The van der Waals surface area contributed by atoms with Crippen LogP contribution in [-0.4, -0.2) is 53.8 Å². The van der Waals surface area contributed by atoms with Gasteiger partial charge in [-0.1, -0.05) is 25.5 Å². The molecule has 0 aliphatic carbocycles. The molecule has 0 unspecified atom stereocenters. The van der Waals surface area contributed by atoms with Gasteiger partial charge in [0.05, 0.1) is 11.1 Å². The van der Waals surface area contributed by atoms with Gasteiger partial charge in [-0.05, 0) is 37.6 Å². The molecular weight excluding hydrogens is 396 g/mol. The molecule has 2 heterocycles. The predicted molar refractivity (Wildman–Crippen MR) is 115 cm³/mol. The van der Waals surface area contributed by atoms with E-state index in [0.717, 1.165) is 18.4 Å². The van der Waals surface area contributed by atoms with Crippen molar-refractivity contribution >= 4 is 17.7 Å². The molecular formula is C24H26N2O5. The quantitative estimate of drug-likeness (QED) is 0.638. The van der Waals surface area contributed by atoms with Gasteiger partial charge < -0.3 is 14.4 Å². The number of unbranched alkanes of at least 4 members (excludes halogenated alkanes) is 1. The summed E-state index contributed by atoms with van der Waals surface area (Å²) in [5.41, 5.74) is 1.92. The number of hydrogen-bond donors (Lipinski definition) is 0. The SMILES string of the molecule is CCCCN1C(=O)c2ccc(C(=O)N(CC)Cc3cccc4c3OCCO4)cc2C1=O. The molecule has 0 radical (unpaired) electrons. The Balaban J connectivity index is 1.57. The molecule has 2 aliphatic rings. The second kappa shape index (κ2) is 8.79. The van der Waals surface area contributed by atoms with Crippen LogP contribution in [0.5, 0.6) is 11.5 Å². The Morgan fingerprint density at radius 3 is 2.58 bits per heavy atom.